The van der Waals surface area contributed by atoms with Gasteiger partial charge in [0.2, 0.25) is 0 Å². The molecular formula is C13H23NO6. The maximum atomic E-state index is 10.7. The van der Waals surface area contributed by atoms with Crippen LogP contribution in [0.2, 0.25) is 0 Å². The lowest BCUT2D eigenvalue weighted by atomic mass is 10.4. The zero-order valence-electron chi connectivity index (χ0n) is 12.0. The fraction of sp³-hybridized carbons (Fsp3) is 0.692. The van der Waals surface area contributed by atoms with Crippen molar-refractivity contribution in [1.29, 1.82) is 0 Å². The van der Waals surface area contributed by atoms with Gasteiger partial charge in [-0.2, -0.15) is 0 Å². The first-order chi connectivity index (χ1) is 9.51. The van der Waals surface area contributed by atoms with Gasteiger partial charge in [0, 0.05) is 18.5 Å². The van der Waals surface area contributed by atoms with Gasteiger partial charge in [0.15, 0.2) is 6.23 Å². The van der Waals surface area contributed by atoms with Gasteiger partial charge in [-0.1, -0.05) is 13.5 Å². The number of carbonyl (C=O) groups excluding carboxylic acids is 2. The summed E-state index contributed by atoms with van der Waals surface area (Å²) in [5, 5.41) is 11.2. The van der Waals surface area contributed by atoms with E-state index in [1.54, 1.807) is 13.8 Å². The van der Waals surface area contributed by atoms with Crippen molar-refractivity contribution in [2.24, 2.45) is 0 Å². The predicted molar refractivity (Wildman–Crippen MR) is 71.9 cm³/mol. The molecule has 116 valence electrons. The van der Waals surface area contributed by atoms with Gasteiger partial charge in [-0.15, -0.1) is 0 Å². The molecule has 0 spiro atoms. The maximum absolute atomic E-state index is 10.7. The Morgan fingerprint density at radius 2 is 2.00 bits per heavy atom. The number of hydrogen-bond acceptors (Lipinski definition) is 7. The first-order valence-corrected chi connectivity index (χ1v) is 6.45. The van der Waals surface area contributed by atoms with E-state index in [0.717, 1.165) is 6.54 Å². The number of nitrogens with one attached hydrogen (secondary N) is 1. The normalized spacial score (nSPS) is 15.7. The third-order valence-electron chi connectivity index (χ3n) is 1.98. The molecule has 20 heavy (non-hydrogen) atoms. The summed E-state index contributed by atoms with van der Waals surface area (Å²) in [5.41, 5.74) is 0.372. The van der Waals surface area contributed by atoms with Gasteiger partial charge in [-0.05, 0) is 6.92 Å². The molecule has 1 heterocycles. The molecule has 1 fully saturated rings. The molecule has 1 rings (SSSR count). The van der Waals surface area contributed by atoms with E-state index in [9.17, 15) is 9.59 Å². The van der Waals surface area contributed by atoms with Crippen molar-refractivity contribution < 1.29 is 28.9 Å². The summed E-state index contributed by atoms with van der Waals surface area (Å²) in [7, 11) is 0. The van der Waals surface area contributed by atoms with E-state index >= 15 is 0 Å². The van der Waals surface area contributed by atoms with E-state index in [1.165, 1.54) is 0 Å². The second kappa shape index (κ2) is 11.4. The minimum absolute atomic E-state index is 0.0194. The molecule has 0 bridgehead atoms. The highest BCUT2D eigenvalue weighted by molar-refractivity contribution is 5.86. The van der Waals surface area contributed by atoms with Crippen molar-refractivity contribution in [1.82, 2.24) is 5.32 Å². The Labute approximate surface area is 118 Å². The second-order valence-corrected chi connectivity index (χ2v) is 3.99. The lowest BCUT2D eigenvalue weighted by Crippen LogP contribution is -2.12. The second-order valence-electron chi connectivity index (χ2n) is 3.99. The van der Waals surface area contributed by atoms with E-state index in [2.05, 4.69) is 11.9 Å². The third-order valence-corrected chi connectivity index (χ3v) is 1.98. The number of rotatable bonds is 8. The van der Waals surface area contributed by atoms with E-state index in [4.69, 9.17) is 19.3 Å². The quantitative estimate of drug-likeness (QED) is 0.280. The van der Waals surface area contributed by atoms with Crippen LogP contribution in [0.25, 0.3) is 0 Å². The molecule has 0 amide bonds. The summed E-state index contributed by atoms with van der Waals surface area (Å²) in [6.45, 7) is 8.36. The average Bonchev–Trinajstić information content (AvgIpc) is 3.22. The van der Waals surface area contributed by atoms with Crippen molar-refractivity contribution >= 4 is 11.9 Å². The third kappa shape index (κ3) is 11.6. The summed E-state index contributed by atoms with van der Waals surface area (Å²) in [6.07, 6.45) is 0.500. The summed E-state index contributed by atoms with van der Waals surface area (Å²) in [5.74, 6) is -0.539. The number of ether oxygens (including phenoxy) is 3. The van der Waals surface area contributed by atoms with Crippen LogP contribution in [-0.4, -0.2) is 56.2 Å². The van der Waals surface area contributed by atoms with Crippen molar-refractivity contribution in [3.05, 3.63) is 12.2 Å². The number of esters is 2. The van der Waals surface area contributed by atoms with E-state index in [0.29, 0.717) is 18.6 Å². The van der Waals surface area contributed by atoms with Gasteiger partial charge in [-0.25, -0.2) is 4.79 Å². The molecule has 0 aliphatic carbocycles. The molecule has 0 saturated carbocycles. The van der Waals surface area contributed by atoms with Crippen molar-refractivity contribution in [2.75, 3.05) is 33.0 Å². The van der Waals surface area contributed by atoms with Gasteiger partial charge in [-0.3, -0.25) is 10.1 Å². The molecular weight excluding hydrogens is 266 g/mol. The topological polar surface area (TPSA) is 104 Å². The van der Waals surface area contributed by atoms with Gasteiger partial charge < -0.3 is 19.3 Å². The monoisotopic (exact) mass is 289 g/mol. The molecule has 0 aromatic carbocycles. The van der Waals surface area contributed by atoms with Crippen LogP contribution in [0.15, 0.2) is 12.2 Å². The fourth-order valence-corrected chi connectivity index (χ4v) is 0.857. The number of carbonyl (C=O) groups is 2. The summed E-state index contributed by atoms with van der Waals surface area (Å²) in [4.78, 5) is 21.1. The summed E-state index contributed by atoms with van der Waals surface area (Å²) >= 11 is 0. The van der Waals surface area contributed by atoms with E-state index in [-0.39, 0.29) is 32.0 Å². The standard InChI is InChI=1S/C8H14O4.C5H9NO2/c1-7(2)8(10)12-6-5-11-4-3-9;1-2-5(7)8-4-3-6-4/h9H,1,3-6H2,2H3;4,6H,2-3H2,1H3. The van der Waals surface area contributed by atoms with Crippen molar-refractivity contribution in [3.63, 3.8) is 0 Å². The van der Waals surface area contributed by atoms with Crippen molar-refractivity contribution in [3.8, 4) is 0 Å². The lowest BCUT2D eigenvalue weighted by molar-refractivity contribution is -0.144. The van der Waals surface area contributed by atoms with Crippen LogP contribution in [0.4, 0.5) is 0 Å². The zero-order valence-corrected chi connectivity index (χ0v) is 12.0. The molecule has 7 heteroatoms. The van der Waals surface area contributed by atoms with Crippen LogP contribution in [0.1, 0.15) is 20.3 Å². The summed E-state index contributed by atoms with van der Waals surface area (Å²) < 4.78 is 14.3. The largest absolute Gasteiger partial charge is 0.460 e. The van der Waals surface area contributed by atoms with Crippen LogP contribution in [0.5, 0.6) is 0 Å². The van der Waals surface area contributed by atoms with Gasteiger partial charge in [0.1, 0.15) is 6.61 Å². The summed E-state index contributed by atoms with van der Waals surface area (Å²) in [6, 6.07) is 0. The predicted octanol–water partition coefficient (Wildman–Crippen LogP) is -0.0165. The highest BCUT2D eigenvalue weighted by atomic mass is 16.6. The Morgan fingerprint density at radius 1 is 1.35 bits per heavy atom. The highest BCUT2D eigenvalue weighted by Gasteiger charge is 2.23. The average molecular weight is 289 g/mol. The molecule has 1 saturated heterocycles. The minimum Gasteiger partial charge on any atom is -0.460 e. The minimum atomic E-state index is -0.414. The molecule has 2 N–H and O–H groups in total. The first-order valence-electron chi connectivity index (χ1n) is 6.45. The Hall–Kier alpha value is -1.44. The number of hydrogen-bond donors (Lipinski definition) is 2. The van der Waals surface area contributed by atoms with Crippen molar-refractivity contribution in [2.45, 2.75) is 26.5 Å². The zero-order chi connectivity index (χ0) is 15.4. The van der Waals surface area contributed by atoms with Crippen LogP contribution in [0, 0.1) is 0 Å². The van der Waals surface area contributed by atoms with E-state index in [1.807, 2.05) is 0 Å². The molecule has 1 aliphatic heterocycles. The lowest BCUT2D eigenvalue weighted by Gasteiger charge is -2.03. The number of aliphatic hydroxyl groups excluding tert-OH is 1. The van der Waals surface area contributed by atoms with Gasteiger partial charge >= 0.3 is 11.9 Å². The van der Waals surface area contributed by atoms with Gasteiger partial charge in [0.05, 0.1) is 19.8 Å². The molecule has 1 unspecified atom stereocenters. The van der Waals surface area contributed by atoms with Crippen LogP contribution in [0.3, 0.4) is 0 Å². The molecule has 1 atom stereocenters. The molecule has 1 aliphatic rings. The Morgan fingerprint density at radius 3 is 2.45 bits per heavy atom. The van der Waals surface area contributed by atoms with Crippen LogP contribution < -0.4 is 5.32 Å². The van der Waals surface area contributed by atoms with Crippen LogP contribution >= 0.6 is 0 Å². The van der Waals surface area contributed by atoms with E-state index < -0.39 is 5.97 Å². The Kier molecular flexibility index (Phi) is 10.6. The molecule has 0 radical (unpaired) electrons. The highest BCUT2D eigenvalue weighted by Crippen LogP contribution is 1.99. The first kappa shape index (κ1) is 18.6. The fourth-order valence-electron chi connectivity index (χ4n) is 0.857. The Balaban J connectivity index is 0.000000388. The van der Waals surface area contributed by atoms with Gasteiger partial charge in [0.25, 0.3) is 0 Å². The molecule has 7 nitrogen and oxygen atoms in total. The molecule has 0 aromatic rings. The maximum Gasteiger partial charge on any atom is 0.333 e. The Bertz CT molecular complexity index is 314. The smallest absolute Gasteiger partial charge is 0.333 e. The number of aliphatic hydroxyl groups is 1. The van der Waals surface area contributed by atoms with Crippen LogP contribution in [-0.2, 0) is 23.8 Å². The molecule has 0 aromatic heterocycles. The SMILES string of the molecule is C=C(C)C(=O)OCCOCCO.CCC(=O)OC1CN1.